The molecule has 9 N–H and O–H groups in total. The number of carbonyl (C=O) groups excluding carboxylic acids is 11. The van der Waals surface area contributed by atoms with Crippen molar-refractivity contribution in [2.75, 3.05) is 60.3 Å². The first-order valence-electron chi connectivity index (χ1n) is 35.0. The predicted octanol–water partition coefficient (Wildman–Crippen LogP) is 6.66. The number of primary amides is 1. The molecule has 12 atom stereocenters. The Balaban J connectivity index is 1.26. The SMILES string of the molecule is CC[C@H](C)[C@@H]([C@H](CC(=O)N1CCC[C@H]1[C@H](OC)[C@@H](C)C(=O)N[C@H](c1ccccc1)[C@H](NC(=O)OCc1ccc(NC(=O)[C@H](CCCNC(N)=O)NC(=O)[C@@H](NC(=O)CCCCCN2C(=O)C=CC2=O)C(C)C)cc1)c1ccccc1)OC)N(C)C(=O)[C@@H](NC(=O)[C@H](C(C)C)N(C)C)C(C)C. The fourth-order valence-electron chi connectivity index (χ4n) is 13.2. The lowest BCUT2D eigenvalue weighted by Crippen LogP contribution is -2.59. The molecule has 2 aliphatic rings. The Kier molecular flexibility index (Phi) is 33.2. The number of urea groups is 1. The van der Waals surface area contributed by atoms with Gasteiger partial charge in [-0.05, 0) is 105 Å². The van der Waals surface area contributed by atoms with Gasteiger partial charge in [0.05, 0.1) is 54.8 Å². The van der Waals surface area contributed by atoms with Crippen LogP contribution in [0.25, 0.3) is 0 Å². The number of alkyl carbamates (subject to hydrolysis) is 1. The zero-order chi connectivity index (χ0) is 73.9. The second-order valence-electron chi connectivity index (χ2n) is 27.4. The molecule has 0 radical (unpaired) electrons. The average molecular weight is 1390 g/mol. The van der Waals surface area contributed by atoms with Crippen molar-refractivity contribution in [3.05, 3.63) is 114 Å². The molecule has 0 bridgehead atoms. The van der Waals surface area contributed by atoms with Crippen molar-refractivity contribution in [2.45, 2.75) is 194 Å². The Hall–Kier alpha value is -8.75. The number of ether oxygens (including phenoxy) is 3. The minimum atomic E-state index is -1.11. The van der Waals surface area contributed by atoms with E-state index in [-0.39, 0.29) is 104 Å². The smallest absolute Gasteiger partial charge is 0.408 e. The first-order valence-corrected chi connectivity index (χ1v) is 35.0. The maximum Gasteiger partial charge on any atom is 0.408 e. The van der Waals surface area contributed by atoms with E-state index in [0.717, 1.165) is 4.90 Å². The van der Waals surface area contributed by atoms with Gasteiger partial charge in [0.25, 0.3) is 11.8 Å². The number of hydrogen-bond donors (Lipinski definition) is 8. The molecule has 0 unspecified atom stereocenters. The molecule has 26 heteroatoms. The number of nitrogens with zero attached hydrogens (tertiary/aromatic N) is 4. The quantitative estimate of drug-likeness (QED) is 0.0218. The van der Waals surface area contributed by atoms with E-state index >= 15 is 0 Å². The van der Waals surface area contributed by atoms with Crippen LogP contribution in [0.5, 0.6) is 0 Å². The molecule has 3 aromatic carbocycles. The van der Waals surface area contributed by atoms with Gasteiger partial charge in [-0.3, -0.25) is 53.0 Å². The molecule has 1 fully saturated rings. The van der Waals surface area contributed by atoms with Crippen molar-refractivity contribution in [1.29, 1.82) is 0 Å². The van der Waals surface area contributed by atoms with Crippen LogP contribution < -0.4 is 43.0 Å². The van der Waals surface area contributed by atoms with Gasteiger partial charge in [0, 0.05) is 65.2 Å². The largest absolute Gasteiger partial charge is 0.445 e. The van der Waals surface area contributed by atoms with E-state index in [1.165, 1.54) is 26.4 Å². The summed E-state index contributed by atoms with van der Waals surface area (Å²) in [5, 5.41) is 20.2. The van der Waals surface area contributed by atoms with Crippen molar-refractivity contribution < 1.29 is 67.0 Å². The predicted molar refractivity (Wildman–Crippen MR) is 380 cm³/mol. The summed E-state index contributed by atoms with van der Waals surface area (Å²) in [5.74, 6) is -5.03. The Morgan fingerprint density at radius 1 is 0.650 bits per heavy atom. The molecule has 100 heavy (non-hydrogen) atoms. The number of likely N-dealkylation sites (tertiary alicyclic amines) is 1. The van der Waals surface area contributed by atoms with Crippen LogP contribution in [0.4, 0.5) is 15.3 Å². The summed E-state index contributed by atoms with van der Waals surface area (Å²) in [6.45, 7) is 17.6. The summed E-state index contributed by atoms with van der Waals surface area (Å²) in [5.41, 5.74) is 7.50. The fraction of sp³-hybridized carbons (Fsp3) is 0.581. The first kappa shape index (κ1) is 81.9. The lowest BCUT2D eigenvalue weighted by atomic mass is 9.89. The minimum Gasteiger partial charge on any atom is -0.445 e. The number of anilines is 1. The van der Waals surface area contributed by atoms with Gasteiger partial charge in [-0.2, -0.15) is 0 Å². The Morgan fingerprint density at radius 2 is 1.25 bits per heavy atom. The maximum absolute atomic E-state index is 14.9. The highest BCUT2D eigenvalue weighted by atomic mass is 16.5. The van der Waals surface area contributed by atoms with Crippen LogP contribution in [0.3, 0.4) is 0 Å². The number of nitrogens with two attached hydrogens (primary N) is 1. The molecular weight excluding hydrogens is 1280 g/mol. The van der Waals surface area contributed by atoms with Crippen molar-refractivity contribution in [3.8, 4) is 0 Å². The lowest BCUT2D eigenvalue weighted by Gasteiger charge is -2.41. The number of rotatable bonds is 40. The molecule has 0 aliphatic carbocycles. The van der Waals surface area contributed by atoms with E-state index in [1.807, 2.05) is 121 Å². The second kappa shape index (κ2) is 40.5. The number of hydrogen-bond acceptors (Lipinski definition) is 15. The van der Waals surface area contributed by atoms with Gasteiger partial charge in [0.2, 0.25) is 41.4 Å². The molecule has 5 rings (SSSR count). The van der Waals surface area contributed by atoms with E-state index in [2.05, 4.69) is 37.2 Å². The van der Waals surface area contributed by atoms with Crippen LogP contribution in [-0.2, 0) is 64.0 Å². The highest BCUT2D eigenvalue weighted by molar-refractivity contribution is 6.12. The monoisotopic (exact) mass is 1390 g/mol. The topological polar surface area (TPSA) is 339 Å². The molecule has 26 nitrogen and oxygen atoms in total. The molecular formula is C74H110N12O14. The number of carbonyl (C=O) groups is 11. The first-order chi connectivity index (χ1) is 47.5. The summed E-state index contributed by atoms with van der Waals surface area (Å²) in [6, 6.07) is 17.9. The molecule has 12 amide bonds. The van der Waals surface area contributed by atoms with Crippen molar-refractivity contribution >= 4 is 71.0 Å². The third-order valence-electron chi connectivity index (χ3n) is 18.8. The van der Waals surface area contributed by atoms with E-state index in [0.29, 0.717) is 67.4 Å². The molecule has 2 heterocycles. The van der Waals surface area contributed by atoms with Gasteiger partial charge in [-0.25, -0.2) is 9.59 Å². The van der Waals surface area contributed by atoms with E-state index < -0.39 is 96.3 Å². The molecule has 2 aliphatic heterocycles. The van der Waals surface area contributed by atoms with Crippen LogP contribution in [-0.4, -0.2) is 188 Å². The number of imide groups is 1. The van der Waals surface area contributed by atoms with Crippen LogP contribution in [0.1, 0.15) is 155 Å². The third-order valence-corrected chi connectivity index (χ3v) is 18.8. The number of benzene rings is 3. The summed E-state index contributed by atoms with van der Waals surface area (Å²) in [6.07, 6.45) is 3.88. The molecule has 0 saturated carbocycles. The standard InChI is InChI=1S/C74H110N12O14/c1-15-48(8)66(84(12)72(95)62(46(4)5)80-71(94)65(47(6)7)83(10)11)56(98-13)43-60(90)85-42-26-32-55(85)67(99-14)49(9)68(91)81-63(51-27-19-16-20-28-51)64(52-29-21-17-22-30-52)82-74(97)100-44-50-34-36-53(37-35-50)77-69(92)54(31-25-40-76-73(75)96)78-70(93)61(45(2)3)79-57(87)33-23-18-24-41-86-58(88)38-39-59(86)89/h16-17,19-22,27-30,34-39,45-49,54-56,61-67H,15,18,23-26,31-33,40-44H2,1-14H3,(H,77,92)(H,78,93)(H,79,87)(H,80,94)(H,81,91)(H,82,97)(H3,75,76,96)/t48-,49+,54-,55-,56-,61-,62-,63+,64+,65-,66-,67+/m0/s1. The van der Waals surface area contributed by atoms with Gasteiger partial charge < -0.3 is 67.0 Å². The second-order valence-corrected chi connectivity index (χ2v) is 27.4. The summed E-state index contributed by atoms with van der Waals surface area (Å²) < 4.78 is 18.2. The number of amides is 12. The van der Waals surface area contributed by atoms with E-state index in [1.54, 1.807) is 61.9 Å². The summed E-state index contributed by atoms with van der Waals surface area (Å²) >= 11 is 0. The van der Waals surface area contributed by atoms with Crippen molar-refractivity contribution in [3.63, 3.8) is 0 Å². The molecule has 0 aromatic heterocycles. The highest BCUT2D eigenvalue weighted by Gasteiger charge is 2.44. The average Bonchev–Trinajstić information content (AvgIpc) is 1.29. The van der Waals surface area contributed by atoms with Gasteiger partial charge >= 0.3 is 12.1 Å². The van der Waals surface area contributed by atoms with E-state index in [4.69, 9.17) is 19.9 Å². The highest BCUT2D eigenvalue weighted by Crippen LogP contribution is 2.33. The minimum absolute atomic E-state index is 0.00947. The zero-order valence-electron chi connectivity index (χ0n) is 60.9. The molecule has 0 spiro atoms. The van der Waals surface area contributed by atoms with Crippen molar-refractivity contribution in [1.82, 2.24) is 51.5 Å². The Bertz CT molecular complexity index is 3200. The maximum atomic E-state index is 14.9. The normalized spacial score (nSPS) is 17.1. The van der Waals surface area contributed by atoms with Crippen LogP contribution >= 0.6 is 0 Å². The number of unbranched alkanes of at least 4 members (excludes halogenated alkanes) is 2. The third kappa shape index (κ3) is 24.0. The Labute approximate surface area is 590 Å². The molecule has 1 saturated heterocycles. The van der Waals surface area contributed by atoms with Crippen molar-refractivity contribution in [2.24, 2.45) is 35.3 Å². The summed E-state index contributed by atoms with van der Waals surface area (Å²) in [4.78, 5) is 154. The zero-order valence-corrected chi connectivity index (χ0v) is 60.9. The van der Waals surface area contributed by atoms with Gasteiger partial charge in [0.1, 0.15) is 24.7 Å². The van der Waals surface area contributed by atoms with Crippen LogP contribution in [0.2, 0.25) is 0 Å². The fourth-order valence-corrected chi connectivity index (χ4v) is 13.2. The summed E-state index contributed by atoms with van der Waals surface area (Å²) in [7, 11) is 8.43. The molecule has 3 aromatic rings. The molecule has 550 valence electrons. The number of methoxy groups -OCH3 is 2. The van der Waals surface area contributed by atoms with Gasteiger partial charge in [-0.1, -0.05) is 148 Å². The number of likely N-dealkylation sites (N-methyl/N-ethyl adjacent to an activating group) is 2. The lowest BCUT2D eigenvalue weighted by molar-refractivity contribution is -0.148. The van der Waals surface area contributed by atoms with Gasteiger partial charge in [-0.15, -0.1) is 0 Å². The van der Waals surface area contributed by atoms with E-state index in [9.17, 15) is 52.7 Å². The van der Waals surface area contributed by atoms with Crippen LogP contribution in [0.15, 0.2) is 97.1 Å². The van der Waals surface area contributed by atoms with Gasteiger partial charge in [0.15, 0.2) is 0 Å². The van der Waals surface area contributed by atoms with Crippen LogP contribution in [0, 0.1) is 29.6 Å². The number of nitrogens with one attached hydrogen (secondary N) is 7. The Morgan fingerprint density at radius 3 is 1.79 bits per heavy atom.